The van der Waals surface area contributed by atoms with Crippen molar-refractivity contribution in [2.24, 2.45) is 0 Å². The van der Waals surface area contributed by atoms with Crippen LogP contribution in [0.4, 0.5) is 0 Å². The zero-order chi connectivity index (χ0) is 6.41. The van der Waals surface area contributed by atoms with Gasteiger partial charge in [0.05, 0.1) is 0 Å². The van der Waals surface area contributed by atoms with Crippen molar-refractivity contribution in [1.29, 1.82) is 0 Å². The average molecular weight is 116 g/mol. The van der Waals surface area contributed by atoms with E-state index in [0.29, 0.717) is 6.04 Å². The molecule has 0 bridgehead atoms. The lowest BCUT2D eigenvalue weighted by Gasteiger charge is -2.21. The number of hydrogen-bond acceptors (Lipinski definition) is 1. The molecular formula is C6H14NO-. The molecule has 2 nitrogen and oxygen atoms in total. The quantitative estimate of drug-likeness (QED) is 0.544. The molecule has 0 heterocycles. The van der Waals surface area contributed by atoms with Gasteiger partial charge in [0.2, 0.25) is 0 Å². The lowest BCUT2D eigenvalue weighted by Crippen LogP contribution is -2.08. The standard InChI is InChI=1S/C6H14NO/c1-4-8-5-6(2)7-3/h6H,4-5H2,1-3H3/q-1. The fraction of sp³-hybridized carbons (Fsp3) is 1.00. The summed E-state index contributed by atoms with van der Waals surface area (Å²) in [6.45, 7) is 5.57. The molecule has 0 rings (SSSR count). The Labute approximate surface area is 51.2 Å². The monoisotopic (exact) mass is 116 g/mol. The van der Waals surface area contributed by atoms with Gasteiger partial charge < -0.3 is 10.1 Å². The molecule has 0 aliphatic rings. The smallest absolute Gasteiger partial charge is 0.0436 e. The predicted octanol–water partition coefficient (Wildman–Crippen LogP) is 1.41. The molecule has 0 aliphatic heterocycles. The largest absolute Gasteiger partial charge is 0.661 e. The fourth-order valence-electron chi connectivity index (χ4n) is 0.363. The van der Waals surface area contributed by atoms with Crippen LogP contribution in [0.2, 0.25) is 0 Å². The van der Waals surface area contributed by atoms with Gasteiger partial charge in [0.15, 0.2) is 0 Å². The van der Waals surface area contributed by atoms with E-state index in [0.717, 1.165) is 13.2 Å². The molecule has 8 heavy (non-hydrogen) atoms. The Kier molecular flexibility index (Phi) is 5.01. The molecule has 0 aromatic rings. The average Bonchev–Trinajstić information content (AvgIpc) is 1.83. The van der Waals surface area contributed by atoms with E-state index in [9.17, 15) is 0 Å². The lowest BCUT2D eigenvalue weighted by atomic mass is 10.4. The summed E-state index contributed by atoms with van der Waals surface area (Å²) in [7, 11) is 1.81. The van der Waals surface area contributed by atoms with E-state index >= 15 is 0 Å². The molecule has 0 radical (unpaired) electrons. The highest BCUT2D eigenvalue weighted by atomic mass is 16.5. The van der Waals surface area contributed by atoms with E-state index in [-0.39, 0.29) is 0 Å². The van der Waals surface area contributed by atoms with Crippen molar-refractivity contribution in [2.75, 3.05) is 20.3 Å². The first-order valence-corrected chi connectivity index (χ1v) is 2.98. The molecule has 2 heteroatoms. The molecule has 50 valence electrons. The zero-order valence-corrected chi connectivity index (χ0v) is 5.85. The molecule has 0 saturated heterocycles. The van der Waals surface area contributed by atoms with Crippen LogP contribution in [-0.2, 0) is 4.74 Å². The summed E-state index contributed by atoms with van der Waals surface area (Å²) >= 11 is 0. The molecule has 0 saturated carbocycles. The highest BCUT2D eigenvalue weighted by Crippen LogP contribution is 1.93. The third-order valence-electron chi connectivity index (χ3n) is 1.00. The third-order valence-corrected chi connectivity index (χ3v) is 1.00. The van der Waals surface area contributed by atoms with Crippen LogP contribution in [0.5, 0.6) is 0 Å². The molecule has 0 N–H and O–H groups in total. The van der Waals surface area contributed by atoms with Gasteiger partial charge in [0, 0.05) is 13.2 Å². The van der Waals surface area contributed by atoms with Crippen LogP contribution >= 0.6 is 0 Å². The number of hydrogen-bond donors (Lipinski definition) is 0. The number of rotatable bonds is 4. The topological polar surface area (TPSA) is 23.3 Å². The van der Waals surface area contributed by atoms with Gasteiger partial charge in [-0.2, -0.15) is 7.05 Å². The van der Waals surface area contributed by atoms with Crippen LogP contribution in [0.25, 0.3) is 5.32 Å². The first-order chi connectivity index (χ1) is 3.81. The Balaban J connectivity index is 2.86. The van der Waals surface area contributed by atoms with Crippen molar-refractivity contribution < 1.29 is 4.74 Å². The maximum Gasteiger partial charge on any atom is 0.0436 e. The number of nitrogens with zero attached hydrogens (tertiary/aromatic N) is 1. The van der Waals surface area contributed by atoms with Crippen LogP contribution in [0, 0.1) is 0 Å². The highest BCUT2D eigenvalue weighted by molar-refractivity contribution is 4.80. The van der Waals surface area contributed by atoms with E-state index in [1.165, 1.54) is 0 Å². The van der Waals surface area contributed by atoms with Crippen molar-refractivity contribution in [2.45, 2.75) is 19.9 Å². The molecule has 1 unspecified atom stereocenters. The molecule has 0 amide bonds. The molecule has 1 atom stereocenters. The third kappa shape index (κ3) is 4.09. The summed E-state index contributed by atoms with van der Waals surface area (Å²) in [4.78, 5) is 0. The zero-order valence-electron chi connectivity index (χ0n) is 5.85. The molecule has 0 aromatic heterocycles. The minimum absolute atomic E-state index is 0.356. The second-order valence-corrected chi connectivity index (χ2v) is 1.77. The van der Waals surface area contributed by atoms with Gasteiger partial charge in [0.25, 0.3) is 0 Å². The van der Waals surface area contributed by atoms with Crippen molar-refractivity contribution in [1.82, 2.24) is 0 Å². The summed E-state index contributed by atoms with van der Waals surface area (Å²) in [5.74, 6) is 0. The first kappa shape index (κ1) is 7.92. The maximum absolute atomic E-state index is 5.09. The van der Waals surface area contributed by atoms with Crippen molar-refractivity contribution in [3.63, 3.8) is 0 Å². The molecule has 0 aliphatic carbocycles. The van der Waals surface area contributed by atoms with E-state index in [1.807, 2.05) is 20.9 Å². The van der Waals surface area contributed by atoms with Crippen molar-refractivity contribution in [3.05, 3.63) is 5.32 Å². The SMILES string of the molecule is CCOCC(C)[N-]C. The summed E-state index contributed by atoms with van der Waals surface area (Å²) in [5.41, 5.74) is 0. The number of likely N-dealkylation sites (N-methyl/N-ethyl adjacent to an activating group) is 1. The second-order valence-electron chi connectivity index (χ2n) is 1.77. The Morgan fingerprint density at radius 1 is 1.62 bits per heavy atom. The molecular weight excluding hydrogens is 102 g/mol. The van der Waals surface area contributed by atoms with Gasteiger partial charge in [-0.3, -0.25) is 0 Å². The Morgan fingerprint density at radius 2 is 2.25 bits per heavy atom. The van der Waals surface area contributed by atoms with Gasteiger partial charge in [-0.05, 0) is 6.92 Å². The van der Waals surface area contributed by atoms with E-state index in [2.05, 4.69) is 5.32 Å². The van der Waals surface area contributed by atoms with Crippen LogP contribution < -0.4 is 0 Å². The summed E-state index contributed by atoms with van der Waals surface area (Å²) in [6, 6.07) is 0.356. The Hall–Kier alpha value is -0.0800. The van der Waals surface area contributed by atoms with Crippen LogP contribution in [-0.4, -0.2) is 26.3 Å². The Morgan fingerprint density at radius 3 is 2.62 bits per heavy atom. The minimum atomic E-state index is 0.356. The normalized spacial score (nSPS) is 13.9. The number of ether oxygens (including phenoxy) is 1. The minimum Gasteiger partial charge on any atom is -0.661 e. The molecule has 0 aromatic carbocycles. The van der Waals surface area contributed by atoms with Gasteiger partial charge in [-0.25, -0.2) is 0 Å². The predicted molar refractivity (Wildman–Crippen MR) is 35.2 cm³/mol. The van der Waals surface area contributed by atoms with Crippen molar-refractivity contribution in [3.8, 4) is 0 Å². The lowest BCUT2D eigenvalue weighted by molar-refractivity contribution is 0.143. The van der Waals surface area contributed by atoms with Crippen LogP contribution in [0.1, 0.15) is 13.8 Å². The second kappa shape index (κ2) is 5.06. The summed E-state index contributed by atoms with van der Waals surface area (Å²) < 4.78 is 5.09. The summed E-state index contributed by atoms with van der Waals surface area (Å²) in [5, 5.41) is 4.00. The molecule has 0 spiro atoms. The molecule has 0 fully saturated rings. The Bertz CT molecular complexity index is 47.8. The highest BCUT2D eigenvalue weighted by Gasteiger charge is 1.83. The van der Waals surface area contributed by atoms with E-state index in [4.69, 9.17) is 4.74 Å². The van der Waals surface area contributed by atoms with Crippen LogP contribution in [0.15, 0.2) is 0 Å². The van der Waals surface area contributed by atoms with E-state index < -0.39 is 0 Å². The fourth-order valence-corrected chi connectivity index (χ4v) is 0.363. The first-order valence-electron chi connectivity index (χ1n) is 2.98. The van der Waals surface area contributed by atoms with E-state index in [1.54, 1.807) is 0 Å². The maximum atomic E-state index is 5.09. The van der Waals surface area contributed by atoms with Gasteiger partial charge in [0.1, 0.15) is 0 Å². The van der Waals surface area contributed by atoms with Gasteiger partial charge in [-0.15, -0.1) is 6.04 Å². The van der Waals surface area contributed by atoms with Crippen molar-refractivity contribution >= 4 is 0 Å². The van der Waals surface area contributed by atoms with Crippen LogP contribution in [0.3, 0.4) is 0 Å². The summed E-state index contributed by atoms with van der Waals surface area (Å²) in [6.07, 6.45) is 0. The van der Waals surface area contributed by atoms with Gasteiger partial charge in [-0.1, -0.05) is 6.92 Å². The van der Waals surface area contributed by atoms with Gasteiger partial charge >= 0.3 is 0 Å².